The molecule has 7 heteroatoms. The molecule has 0 aromatic heterocycles. The Balaban J connectivity index is 1.73. The molecule has 0 bridgehead atoms. The van der Waals surface area contributed by atoms with Gasteiger partial charge in [0.15, 0.2) is 12.1 Å². The average molecular weight is 372 g/mol. The van der Waals surface area contributed by atoms with E-state index in [0.717, 1.165) is 11.3 Å². The molecule has 6 nitrogen and oxygen atoms in total. The van der Waals surface area contributed by atoms with Crippen LogP contribution in [0.2, 0.25) is 5.02 Å². The second-order valence-corrected chi connectivity index (χ2v) is 6.11. The van der Waals surface area contributed by atoms with E-state index in [1.807, 2.05) is 30.3 Å². The van der Waals surface area contributed by atoms with E-state index in [1.54, 1.807) is 43.3 Å². The second-order valence-electron chi connectivity index (χ2n) is 5.68. The summed E-state index contributed by atoms with van der Waals surface area (Å²) in [6.07, 6.45) is 0.307. The van der Waals surface area contributed by atoms with Gasteiger partial charge in [-0.05, 0) is 36.8 Å². The molecule has 1 aliphatic heterocycles. The van der Waals surface area contributed by atoms with Gasteiger partial charge in [0.2, 0.25) is 0 Å². The lowest BCUT2D eigenvalue weighted by molar-refractivity contribution is 0.0211. The molecular weight excluding hydrogens is 354 g/mol. The minimum Gasteiger partial charge on any atom is -0.359 e. The fourth-order valence-corrected chi connectivity index (χ4v) is 2.67. The van der Waals surface area contributed by atoms with E-state index < -0.39 is 5.97 Å². The third-order valence-electron chi connectivity index (χ3n) is 3.92. The Hall–Kier alpha value is -2.70. The molecule has 26 heavy (non-hydrogen) atoms. The largest absolute Gasteiger partial charge is 0.365 e. The van der Waals surface area contributed by atoms with Crippen LogP contribution in [0.4, 0.5) is 0 Å². The molecule has 0 amide bonds. The van der Waals surface area contributed by atoms with Crippen LogP contribution >= 0.6 is 11.6 Å². The van der Waals surface area contributed by atoms with E-state index in [2.05, 4.69) is 10.3 Å². The summed E-state index contributed by atoms with van der Waals surface area (Å²) in [7, 11) is 1.61. The molecule has 1 atom stereocenters. The lowest BCUT2D eigenvalue weighted by Gasteiger charge is -2.20. The van der Waals surface area contributed by atoms with Crippen molar-refractivity contribution in [2.75, 3.05) is 7.11 Å². The SMILES string of the molecule is COC1CC(c2ccccc2)=NN1/C(C)=N\OC(=O)c1ccc(Cl)cc1. The van der Waals surface area contributed by atoms with Gasteiger partial charge in [0.1, 0.15) is 0 Å². The lowest BCUT2D eigenvalue weighted by Crippen LogP contribution is -2.32. The van der Waals surface area contributed by atoms with E-state index in [-0.39, 0.29) is 6.23 Å². The van der Waals surface area contributed by atoms with Gasteiger partial charge >= 0.3 is 5.97 Å². The van der Waals surface area contributed by atoms with Crippen molar-refractivity contribution in [1.29, 1.82) is 0 Å². The van der Waals surface area contributed by atoms with E-state index in [0.29, 0.717) is 22.8 Å². The first-order valence-corrected chi connectivity index (χ1v) is 8.42. The minimum absolute atomic E-state index is 0.303. The highest BCUT2D eigenvalue weighted by Crippen LogP contribution is 2.21. The Labute approximate surface area is 156 Å². The van der Waals surface area contributed by atoms with Crippen LogP contribution in [0, 0.1) is 0 Å². The second kappa shape index (κ2) is 8.12. The number of methoxy groups -OCH3 is 1. The molecule has 1 heterocycles. The van der Waals surface area contributed by atoms with Crippen molar-refractivity contribution in [1.82, 2.24) is 5.01 Å². The number of rotatable bonds is 4. The molecule has 1 aliphatic rings. The molecular formula is C19H18ClN3O3. The number of halogens is 1. The smallest absolute Gasteiger partial charge is 0.359 e. The molecule has 0 saturated carbocycles. The van der Waals surface area contributed by atoms with Crippen LogP contribution in [0.1, 0.15) is 29.3 Å². The molecule has 0 spiro atoms. The third-order valence-corrected chi connectivity index (χ3v) is 4.17. The zero-order chi connectivity index (χ0) is 18.5. The first-order valence-electron chi connectivity index (χ1n) is 8.05. The number of ether oxygens (including phenoxy) is 1. The van der Waals surface area contributed by atoms with Gasteiger partial charge in [-0.15, -0.1) is 0 Å². The normalized spacial score (nSPS) is 17.2. The van der Waals surface area contributed by atoms with Crippen molar-refractivity contribution in [2.45, 2.75) is 19.6 Å². The maximum Gasteiger partial charge on any atom is 0.365 e. The number of hydrazone groups is 1. The number of carbonyl (C=O) groups is 1. The Morgan fingerprint density at radius 3 is 2.54 bits per heavy atom. The molecule has 0 radical (unpaired) electrons. The maximum atomic E-state index is 12.1. The first-order chi connectivity index (χ1) is 12.6. The number of hydrogen-bond acceptors (Lipinski definition) is 5. The molecule has 2 aromatic carbocycles. The number of hydrogen-bond donors (Lipinski definition) is 0. The predicted octanol–water partition coefficient (Wildman–Crippen LogP) is 3.91. The highest BCUT2D eigenvalue weighted by molar-refractivity contribution is 6.30. The highest BCUT2D eigenvalue weighted by atomic mass is 35.5. The first kappa shape index (κ1) is 18.1. The summed E-state index contributed by atoms with van der Waals surface area (Å²) in [5.74, 6) is -0.147. The van der Waals surface area contributed by atoms with Gasteiger partial charge in [0, 0.05) is 18.6 Å². The summed E-state index contributed by atoms with van der Waals surface area (Å²) in [6, 6.07) is 16.2. The monoisotopic (exact) mass is 371 g/mol. The van der Waals surface area contributed by atoms with Gasteiger partial charge in [0.05, 0.1) is 11.3 Å². The average Bonchev–Trinajstić information content (AvgIpc) is 3.11. The van der Waals surface area contributed by atoms with Crippen molar-refractivity contribution in [2.24, 2.45) is 10.3 Å². The van der Waals surface area contributed by atoms with Crippen LogP contribution in [0.5, 0.6) is 0 Å². The van der Waals surface area contributed by atoms with Gasteiger partial charge in [-0.25, -0.2) is 9.80 Å². The minimum atomic E-state index is -0.568. The zero-order valence-corrected chi connectivity index (χ0v) is 15.2. The topological polar surface area (TPSA) is 63.5 Å². The predicted molar refractivity (Wildman–Crippen MR) is 100 cm³/mol. The maximum absolute atomic E-state index is 12.1. The quantitative estimate of drug-likeness (QED) is 0.354. The van der Waals surface area contributed by atoms with E-state index in [9.17, 15) is 4.79 Å². The number of oxime groups is 1. The molecule has 0 fully saturated rings. The number of benzene rings is 2. The van der Waals surface area contributed by atoms with Crippen LogP contribution in [0.15, 0.2) is 64.9 Å². The van der Waals surface area contributed by atoms with Crippen molar-refractivity contribution < 1.29 is 14.4 Å². The van der Waals surface area contributed by atoms with Crippen molar-refractivity contribution >= 4 is 29.1 Å². The van der Waals surface area contributed by atoms with E-state index in [1.165, 1.54) is 0 Å². The number of nitrogens with zero attached hydrogens (tertiary/aromatic N) is 3. The summed E-state index contributed by atoms with van der Waals surface area (Å²) < 4.78 is 5.48. The standard InChI is InChI=1S/C19H18ClN3O3/c1-13(22-26-19(24)15-8-10-16(20)11-9-15)23-18(25-2)12-17(21-23)14-6-4-3-5-7-14/h3-11,18H,12H2,1-2H3/b22-13-. The van der Waals surface area contributed by atoms with Crippen LogP contribution in [-0.4, -0.2) is 35.9 Å². The summed E-state index contributed by atoms with van der Waals surface area (Å²) in [5, 5.41) is 10.6. The number of amidine groups is 1. The molecule has 0 aliphatic carbocycles. The van der Waals surface area contributed by atoms with Gasteiger partial charge in [-0.2, -0.15) is 5.10 Å². The van der Waals surface area contributed by atoms with E-state index in [4.69, 9.17) is 21.2 Å². The molecule has 0 N–H and O–H groups in total. The fourth-order valence-electron chi connectivity index (χ4n) is 2.55. The molecule has 0 saturated heterocycles. The Morgan fingerprint density at radius 1 is 1.19 bits per heavy atom. The van der Waals surface area contributed by atoms with Crippen LogP contribution < -0.4 is 0 Å². The van der Waals surface area contributed by atoms with Crippen LogP contribution in [-0.2, 0) is 9.57 Å². The molecule has 2 aromatic rings. The Morgan fingerprint density at radius 2 is 1.88 bits per heavy atom. The van der Waals surface area contributed by atoms with Gasteiger partial charge in [0.25, 0.3) is 0 Å². The van der Waals surface area contributed by atoms with Crippen molar-refractivity contribution in [3.63, 3.8) is 0 Å². The van der Waals surface area contributed by atoms with Crippen molar-refractivity contribution in [3.8, 4) is 0 Å². The molecule has 1 unspecified atom stereocenters. The van der Waals surface area contributed by atoms with Gasteiger partial charge in [-0.1, -0.05) is 47.1 Å². The third kappa shape index (κ3) is 4.09. The summed E-state index contributed by atoms with van der Waals surface area (Å²) >= 11 is 5.81. The summed E-state index contributed by atoms with van der Waals surface area (Å²) in [4.78, 5) is 17.1. The van der Waals surface area contributed by atoms with Crippen LogP contribution in [0.3, 0.4) is 0 Å². The summed E-state index contributed by atoms with van der Waals surface area (Å²) in [6.45, 7) is 1.71. The van der Waals surface area contributed by atoms with Gasteiger partial charge < -0.3 is 9.57 Å². The number of carbonyl (C=O) groups excluding carboxylic acids is 1. The Kier molecular flexibility index (Phi) is 5.65. The molecule has 134 valence electrons. The Bertz CT molecular complexity index is 835. The summed E-state index contributed by atoms with van der Waals surface area (Å²) in [5.41, 5.74) is 2.27. The zero-order valence-electron chi connectivity index (χ0n) is 14.4. The fraction of sp³-hybridized carbons (Fsp3) is 0.211. The van der Waals surface area contributed by atoms with E-state index >= 15 is 0 Å². The molecule has 3 rings (SSSR count). The highest BCUT2D eigenvalue weighted by Gasteiger charge is 2.29. The van der Waals surface area contributed by atoms with Crippen LogP contribution in [0.25, 0.3) is 0 Å². The lowest BCUT2D eigenvalue weighted by atomic mass is 10.1. The van der Waals surface area contributed by atoms with Crippen molar-refractivity contribution in [3.05, 3.63) is 70.7 Å². The van der Waals surface area contributed by atoms with Gasteiger partial charge in [-0.3, -0.25) is 0 Å².